The molecule has 3 N–H and O–H groups in total. The van der Waals surface area contributed by atoms with E-state index < -0.39 is 23.2 Å². The second-order valence-corrected chi connectivity index (χ2v) is 6.05. The molecule has 1 aromatic carbocycles. The Morgan fingerprint density at radius 1 is 1.27 bits per heavy atom. The highest BCUT2D eigenvalue weighted by molar-refractivity contribution is 6.39. The van der Waals surface area contributed by atoms with Crippen molar-refractivity contribution in [2.75, 3.05) is 11.9 Å². The van der Waals surface area contributed by atoms with Crippen LogP contribution in [0.25, 0.3) is 0 Å². The number of halogens is 1. The molecule has 1 aromatic rings. The number of hydrogen-bond donors (Lipinski definition) is 3. The van der Waals surface area contributed by atoms with E-state index in [4.69, 9.17) is 0 Å². The van der Waals surface area contributed by atoms with Crippen molar-refractivity contribution in [1.82, 2.24) is 5.32 Å². The van der Waals surface area contributed by atoms with Crippen LogP contribution in [0.4, 0.5) is 10.1 Å². The lowest BCUT2D eigenvalue weighted by Crippen LogP contribution is -2.44. The summed E-state index contributed by atoms with van der Waals surface area (Å²) in [5.74, 6) is -2.06. The van der Waals surface area contributed by atoms with Gasteiger partial charge in [0.2, 0.25) is 0 Å². The number of aliphatic hydroxyl groups is 1. The van der Waals surface area contributed by atoms with Gasteiger partial charge in [0.1, 0.15) is 5.82 Å². The number of para-hydroxylation sites is 1. The molecule has 0 fully saturated rings. The van der Waals surface area contributed by atoms with Crippen molar-refractivity contribution in [3.63, 3.8) is 0 Å². The Kier molecular flexibility index (Phi) is 6.49. The first-order chi connectivity index (χ1) is 10.2. The van der Waals surface area contributed by atoms with Gasteiger partial charge < -0.3 is 15.7 Å². The van der Waals surface area contributed by atoms with Gasteiger partial charge in [0.15, 0.2) is 0 Å². The van der Waals surface area contributed by atoms with Crippen LogP contribution in [0.1, 0.15) is 33.6 Å². The summed E-state index contributed by atoms with van der Waals surface area (Å²) in [6.07, 6.45) is 1.32. The second-order valence-electron chi connectivity index (χ2n) is 6.05. The van der Waals surface area contributed by atoms with Crippen LogP contribution in [-0.2, 0) is 9.59 Å². The molecular weight excluding hydrogens is 287 g/mol. The van der Waals surface area contributed by atoms with Crippen LogP contribution in [0.15, 0.2) is 24.3 Å². The summed E-state index contributed by atoms with van der Waals surface area (Å²) in [6, 6.07) is 5.58. The fourth-order valence-corrected chi connectivity index (χ4v) is 1.78. The number of carbonyl (C=O) groups excluding carboxylic acids is 2. The van der Waals surface area contributed by atoms with Crippen LogP contribution in [-0.4, -0.2) is 29.1 Å². The third-order valence-corrected chi connectivity index (χ3v) is 3.22. The van der Waals surface area contributed by atoms with Crippen LogP contribution >= 0.6 is 0 Å². The summed E-state index contributed by atoms with van der Waals surface area (Å²) in [5.41, 5.74) is -1.15. The number of amides is 2. The van der Waals surface area contributed by atoms with Gasteiger partial charge in [-0.05, 0) is 37.8 Å². The third-order valence-electron chi connectivity index (χ3n) is 3.22. The van der Waals surface area contributed by atoms with E-state index in [2.05, 4.69) is 10.6 Å². The zero-order valence-electron chi connectivity index (χ0n) is 13.1. The molecule has 22 heavy (non-hydrogen) atoms. The SMILES string of the molecule is CC(C)CC[C@@](C)(O)CNC(=O)C(=O)Nc1ccccc1F. The molecule has 0 radical (unpaired) electrons. The van der Waals surface area contributed by atoms with Gasteiger partial charge in [0, 0.05) is 6.54 Å². The lowest BCUT2D eigenvalue weighted by Gasteiger charge is -2.24. The number of anilines is 1. The van der Waals surface area contributed by atoms with E-state index in [0.29, 0.717) is 12.3 Å². The minimum Gasteiger partial charge on any atom is -0.388 e. The average molecular weight is 310 g/mol. The van der Waals surface area contributed by atoms with Gasteiger partial charge in [-0.25, -0.2) is 4.39 Å². The minimum atomic E-state index is -1.09. The predicted octanol–water partition coefficient (Wildman–Crippen LogP) is 2.07. The summed E-state index contributed by atoms with van der Waals surface area (Å²) in [4.78, 5) is 23.4. The topological polar surface area (TPSA) is 78.4 Å². The summed E-state index contributed by atoms with van der Waals surface area (Å²) < 4.78 is 13.4. The smallest absolute Gasteiger partial charge is 0.313 e. The maximum Gasteiger partial charge on any atom is 0.313 e. The van der Waals surface area contributed by atoms with E-state index in [0.717, 1.165) is 6.42 Å². The molecule has 6 heteroatoms. The van der Waals surface area contributed by atoms with Crippen LogP contribution in [0.2, 0.25) is 0 Å². The molecular formula is C16H23FN2O3. The summed E-state index contributed by atoms with van der Waals surface area (Å²) in [6.45, 7) is 5.64. The lowest BCUT2D eigenvalue weighted by atomic mass is 9.95. The largest absolute Gasteiger partial charge is 0.388 e. The number of benzene rings is 1. The Morgan fingerprint density at radius 2 is 1.91 bits per heavy atom. The first kappa shape index (κ1) is 18.1. The molecule has 0 aliphatic heterocycles. The number of nitrogens with one attached hydrogen (secondary N) is 2. The van der Waals surface area contributed by atoms with Crippen LogP contribution < -0.4 is 10.6 Å². The summed E-state index contributed by atoms with van der Waals surface area (Å²) in [5, 5.41) is 14.7. The monoisotopic (exact) mass is 310 g/mol. The highest BCUT2D eigenvalue weighted by Gasteiger charge is 2.23. The van der Waals surface area contributed by atoms with E-state index in [-0.39, 0.29) is 12.2 Å². The molecule has 1 atom stereocenters. The predicted molar refractivity (Wildman–Crippen MR) is 82.7 cm³/mol. The van der Waals surface area contributed by atoms with Gasteiger partial charge in [0.25, 0.3) is 0 Å². The molecule has 0 spiro atoms. The van der Waals surface area contributed by atoms with Gasteiger partial charge >= 0.3 is 11.8 Å². The van der Waals surface area contributed by atoms with E-state index >= 15 is 0 Å². The van der Waals surface area contributed by atoms with Gasteiger partial charge in [-0.1, -0.05) is 26.0 Å². The molecule has 2 amide bonds. The Morgan fingerprint density at radius 3 is 2.50 bits per heavy atom. The van der Waals surface area contributed by atoms with Crippen LogP contribution in [0.3, 0.4) is 0 Å². The van der Waals surface area contributed by atoms with E-state index in [1.54, 1.807) is 13.0 Å². The Bertz CT molecular complexity index is 530. The number of rotatable bonds is 6. The number of hydrogen-bond acceptors (Lipinski definition) is 3. The normalized spacial score (nSPS) is 13.5. The molecule has 0 aliphatic carbocycles. The highest BCUT2D eigenvalue weighted by Crippen LogP contribution is 2.15. The Labute approximate surface area is 129 Å². The lowest BCUT2D eigenvalue weighted by molar-refractivity contribution is -0.136. The molecule has 5 nitrogen and oxygen atoms in total. The second kappa shape index (κ2) is 7.89. The molecule has 0 saturated heterocycles. The fraction of sp³-hybridized carbons (Fsp3) is 0.500. The maximum atomic E-state index is 13.4. The first-order valence-corrected chi connectivity index (χ1v) is 7.27. The van der Waals surface area contributed by atoms with Crippen molar-refractivity contribution >= 4 is 17.5 Å². The van der Waals surface area contributed by atoms with Crippen molar-refractivity contribution in [2.45, 2.75) is 39.2 Å². The molecule has 0 heterocycles. The number of carbonyl (C=O) groups is 2. The van der Waals surface area contributed by atoms with Gasteiger partial charge in [-0.3, -0.25) is 9.59 Å². The molecule has 0 saturated carbocycles. The zero-order chi connectivity index (χ0) is 16.8. The van der Waals surface area contributed by atoms with Gasteiger partial charge in [-0.15, -0.1) is 0 Å². The van der Waals surface area contributed by atoms with E-state index in [1.807, 2.05) is 13.8 Å². The first-order valence-electron chi connectivity index (χ1n) is 7.27. The zero-order valence-corrected chi connectivity index (χ0v) is 13.1. The van der Waals surface area contributed by atoms with Gasteiger partial charge in [0.05, 0.1) is 11.3 Å². The molecule has 122 valence electrons. The highest BCUT2D eigenvalue weighted by atomic mass is 19.1. The molecule has 0 bridgehead atoms. The van der Waals surface area contributed by atoms with Gasteiger partial charge in [-0.2, -0.15) is 0 Å². The summed E-state index contributed by atoms with van der Waals surface area (Å²) >= 11 is 0. The fourth-order valence-electron chi connectivity index (χ4n) is 1.78. The Balaban J connectivity index is 2.48. The van der Waals surface area contributed by atoms with Crippen molar-refractivity contribution in [3.05, 3.63) is 30.1 Å². The quantitative estimate of drug-likeness (QED) is 0.704. The molecule has 1 rings (SSSR count). The van der Waals surface area contributed by atoms with E-state index in [1.165, 1.54) is 18.2 Å². The third kappa shape index (κ3) is 6.22. The van der Waals surface area contributed by atoms with Crippen molar-refractivity contribution < 1.29 is 19.1 Å². The average Bonchev–Trinajstić information content (AvgIpc) is 2.45. The van der Waals surface area contributed by atoms with E-state index in [9.17, 15) is 19.1 Å². The standard InChI is InChI=1S/C16H23FN2O3/c1-11(2)8-9-16(3,22)10-18-14(20)15(21)19-13-7-5-4-6-12(13)17/h4-7,11,22H,8-10H2,1-3H3,(H,18,20)(H,19,21)/t16-/m1/s1. The van der Waals surface area contributed by atoms with Crippen molar-refractivity contribution in [3.8, 4) is 0 Å². The molecule has 0 aromatic heterocycles. The molecule has 0 unspecified atom stereocenters. The van der Waals surface area contributed by atoms with Crippen LogP contribution in [0.5, 0.6) is 0 Å². The van der Waals surface area contributed by atoms with Crippen molar-refractivity contribution in [2.24, 2.45) is 5.92 Å². The van der Waals surface area contributed by atoms with Crippen molar-refractivity contribution in [1.29, 1.82) is 0 Å². The summed E-state index contributed by atoms with van der Waals surface area (Å²) in [7, 11) is 0. The van der Waals surface area contributed by atoms with Crippen LogP contribution in [0, 0.1) is 11.7 Å². The maximum absolute atomic E-state index is 13.4. The molecule has 0 aliphatic rings. The minimum absolute atomic E-state index is 0.0384. The Hall–Kier alpha value is -1.95.